The number of para-hydroxylation sites is 1. The minimum atomic E-state index is -0.602. The Morgan fingerprint density at radius 2 is 1.80 bits per heavy atom. The highest BCUT2D eigenvalue weighted by Crippen LogP contribution is 2.23. The topological polar surface area (TPSA) is 58.2 Å². The molecule has 0 heterocycles. The normalized spacial score (nSPS) is 10.4. The average molecular weight is 276 g/mol. The summed E-state index contributed by atoms with van der Waals surface area (Å²) in [5, 5.41) is 5.32. The molecule has 1 aromatic rings. The smallest absolute Gasteiger partial charge is 0.313 e. The largest absolute Gasteiger partial charge is 0.348 e. The summed E-state index contributed by atoms with van der Waals surface area (Å²) in [5.41, 5.74) is 1.73. The van der Waals surface area contributed by atoms with Gasteiger partial charge in [0, 0.05) is 12.2 Å². The van der Waals surface area contributed by atoms with Crippen molar-refractivity contribution in [2.45, 2.75) is 46.0 Å². The first-order chi connectivity index (χ1) is 9.56. The Labute approximate surface area is 121 Å². The zero-order valence-corrected chi connectivity index (χ0v) is 12.5. The molecule has 0 aliphatic carbocycles. The molecule has 0 saturated carbocycles. The van der Waals surface area contributed by atoms with Crippen LogP contribution in [-0.4, -0.2) is 18.4 Å². The molecule has 20 heavy (non-hydrogen) atoms. The van der Waals surface area contributed by atoms with E-state index in [2.05, 4.69) is 31.4 Å². The Kier molecular flexibility index (Phi) is 6.77. The van der Waals surface area contributed by atoms with Crippen molar-refractivity contribution in [2.75, 3.05) is 11.9 Å². The lowest BCUT2D eigenvalue weighted by Gasteiger charge is -2.13. The first kappa shape index (κ1) is 16.2. The zero-order chi connectivity index (χ0) is 15.0. The van der Waals surface area contributed by atoms with Crippen LogP contribution < -0.4 is 10.6 Å². The number of carbonyl (C=O) groups excluding carboxylic acids is 2. The molecular weight excluding hydrogens is 252 g/mol. The maximum atomic E-state index is 11.8. The number of unbranched alkanes of at least 4 members (excludes halogenated alkanes) is 2. The summed E-state index contributed by atoms with van der Waals surface area (Å²) in [6.07, 6.45) is 3.04. The minimum Gasteiger partial charge on any atom is -0.348 e. The van der Waals surface area contributed by atoms with Gasteiger partial charge in [0.15, 0.2) is 0 Å². The van der Waals surface area contributed by atoms with Gasteiger partial charge in [-0.15, -0.1) is 0 Å². The van der Waals surface area contributed by atoms with Crippen LogP contribution in [0.25, 0.3) is 0 Å². The summed E-state index contributed by atoms with van der Waals surface area (Å²) in [5.74, 6) is -0.881. The van der Waals surface area contributed by atoms with Crippen LogP contribution in [0.2, 0.25) is 0 Å². The second-order valence-electron chi connectivity index (χ2n) is 5.16. The molecule has 4 nitrogen and oxygen atoms in total. The molecule has 0 radical (unpaired) electrons. The van der Waals surface area contributed by atoms with Crippen molar-refractivity contribution in [3.05, 3.63) is 29.8 Å². The zero-order valence-electron chi connectivity index (χ0n) is 12.5. The standard InChI is InChI=1S/C16H24N2O2/c1-4-5-8-11-17-15(19)16(20)18-14-10-7-6-9-13(14)12(2)3/h6-7,9-10,12H,4-5,8,11H2,1-3H3,(H,17,19)(H,18,20). The number of hydrogen-bond acceptors (Lipinski definition) is 2. The van der Waals surface area contributed by atoms with E-state index in [-0.39, 0.29) is 0 Å². The van der Waals surface area contributed by atoms with E-state index >= 15 is 0 Å². The maximum Gasteiger partial charge on any atom is 0.313 e. The third kappa shape index (κ3) is 5.03. The summed E-state index contributed by atoms with van der Waals surface area (Å²) in [6.45, 7) is 6.74. The van der Waals surface area contributed by atoms with Gasteiger partial charge in [0.2, 0.25) is 0 Å². The Morgan fingerprint density at radius 3 is 2.45 bits per heavy atom. The van der Waals surface area contributed by atoms with E-state index < -0.39 is 11.8 Å². The van der Waals surface area contributed by atoms with E-state index in [1.54, 1.807) is 0 Å². The van der Waals surface area contributed by atoms with E-state index in [9.17, 15) is 9.59 Å². The van der Waals surface area contributed by atoms with Gasteiger partial charge in [0.25, 0.3) is 0 Å². The number of anilines is 1. The summed E-state index contributed by atoms with van der Waals surface area (Å²) < 4.78 is 0. The number of rotatable bonds is 6. The van der Waals surface area contributed by atoms with Gasteiger partial charge in [-0.25, -0.2) is 0 Å². The molecule has 0 bridgehead atoms. The molecule has 0 aliphatic rings. The Bertz CT molecular complexity index is 456. The highest BCUT2D eigenvalue weighted by atomic mass is 16.2. The monoisotopic (exact) mass is 276 g/mol. The molecule has 0 atom stereocenters. The van der Waals surface area contributed by atoms with Crippen molar-refractivity contribution in [2.24, 2.45) is 0 Å². The van der Waals surface area contributed by atoms with Crippen LogP contribution >= 0.6 is 0 Å². The molecule has 110 valence electrons. The summed E-state index contributed by atoms with van der Waals surface area (Å²) in [6, 6.07) is 7.55. The Morgan fingerprint density at radius 1 is 1.10 bits per heavy atom. The van der Waals surface area contributed by atoms with Crippen LogP contribution in [0.1, 0.15) is 51.5 Å². The van der Waals surface area contributed by atoms with Gasteiger partial charge in [-0.3, -0.25) is 9.59 Å². The van der Waals surface area contributed by atoms with Crippen molar-refractivity contribution in [3.63, 3.8) is 0 Å². The highest BCUT2D eigenvalue weighted by molar-refractivity contribution is 6.39. The van der Waals surface area contributed by atoms with Gasteiger partial charge >= 0.3 is 11.8 Å². The fourth-order valence-electron chi connectivity index (χ4n) is 1.95. The Balaban J connectivity index is 2.55. The fraction of sp³-hybridized carbons (Fsp3) is 0.500. The van der Waals surface area contributed by atoms with Gasteiger partial charge in [0.1, 0.15) is 0 Å². The van der Waals surface area contributed by atoms with Crippen LogP contribution in [0.3, 0.4) is 0 Å². The molecule has 0 fully saturated rings. The molecule has 1 aromatic carbocycles. The van der Waals surface area contributed by atoms with Gasteiger partial charge in [0.05, 0.1) is 0 Å². The first-order valence-electron chi connectivity index (χ1n) is 7.24. The summed E-state index contributed by atoms with van der Waals surface area (Å²) in [7, 11) is 0. The van der Waals surface area contributed by atoms with E-state index in [1.165, 1.54) is 0 Å². The number of amides is 2. The van der Waals surface area contributed by atoms with Crippen molar-refractivity contribution in [1.29, 1.82) is 0 Å². The van der Waals surface area contributed by atoms with E-state index in [0.29, 0.717) is 18.2 Å². The lowest BCUT2D eigenvalue weighted by molar-refractivity contribution is -0.136. The second kappa shape index (κ2) is 8.35. The van der Waals surface area contributed by atoms with Crippen molar-refractivity contribution in [1.82, 2.24) is 5.32 Å². The molecule has 0 aromatic heterocycles. The lowest BCUT2D eigenvalue weighted by Crippen LogP contribution is -2.36. The lowest BCUT2D eigenvalue weighted by atomic mass is 10.0. The molecule has 4 heteroatoms. The second-order valence-corrected chi connectivity index (χ2v) is 5.16. The van der Waals surface area contributed by atoms with Crippen LogP contribution in [-0.2, 0) is 9.59 Å². The van der Waals surface area contributed by atoms with E-state index in [0.717, 1.165) is 24.8 Å². The van der Waals surface area contributed by atoms with Crippen LogP contribution in [0.15, 0.2) is 24.3 Å². The van der Waals surface area contributed by atoms with Crippen molar-refractivity contribution < 1.29 is 9.59 Å². The van der Waals surface area contributed by atoms with Crippen molar-refractivity contribution in [3.8, 4) is 0 Å². The molecule has 2 N–H and O–H groups in total. The molecule has 1 rings (SSSR count). The van der Waals surface area contributed by atoms with Crippen LogP contribution in [0.4, 0.5) is 5.69 Å². The van der Waals surface area contributed by atoms with Gasteiger partial charge in [-0.2, -0.15) is 0 Å². The quantitative estimate of drug-likeness (QED) is 0.619. The third-order valence-electron chi connectivity index (χ3n) is 3.10. The molecule has 0 aliphatic heterocycles. The molecule has 0 spiro atoms. The number of benzene rings is 1. The Hall–Kier alpha value is -1.84. The predicted octanol–water partition coefficient (Wildman–Crippen LogP) is 3.05. The SMILES string of the molecule is CCCCCNC(=O)C(=O)Nc1ccccc1C(C)C. The van der Waals surface area contributed by atoms with Gasteiger partial charge < -0.3 is 10.6 Å². The highest BCUT2D eigenvalue weighted by Gasteiger charge is 2.15. The third-order valence-corrected chi connectivity index (χ3v) is 3.10. The average Bonchev–Trinajstić information content (AvgIpc) is 2.43. The van der Waals surface area contributed by atoms with Crippen LogP contribution in [0, 0.1) is 0 Å². The van der Waals surface area contributed by atoms with E-state index in [4.69, 9.17) is 0 Å². The molecular formula is C16H24N2O2. The molecule has 2 amide bonds. The fourth-order valence-corrected chi connectivity index (χ4v) is 1.95. The molecule has 0 unspecified atom stereocenters. The van der Waals surface area contributed by atoms with Crippen LogP contribution in [0.5, 0.6) is 0 Å². The number of nitrogens with one attached hydrogen (secondary N) is 2. The summed E-state index contributed by atoms with van der Waals surface area (Å²) in [4.78, 5) is 23.5. The van der Waals surface area contributed by atoms with Gasteiger partial charge in [-0.1, -0.05) is 51.8 Å². The first-order valence-corrected chi connectivity index (χ1v) is 7.24. The molecule has 0 saturated heterocycles. The van der Waals surface area contributed by atoms with Gasteiger partial charge in [-0.05, 0) is 24.0 Å². The van der Waals surface area contributed by atoms with E-state index in [1.807, 2.05) is 24.3 Å². The minimum absolute atomic E-state index is 0.291. The number of carbonyl (C=O) groups is 2. The number of hydrogen-bond donors (Lipinski definition) is 2. The maximum absolute atomic E-state index is 11.8. The predicted molar refractivity (Wildman–Crippen MR) is 81.7 cm³/mol. The van der Waals surface area contributed by atoms with Crippen molar-refractivity contribution >= 4 is 17.5 Å². The summed E-state index contributed by atoms with van der Waals surface area (Å²) >= 11 is 0.